The second kappa shape index (κ2) is 5.99. The second-order valence-corrected chi connectivity index (χ2v) is 9.52. The van der Waals surface area contributed by atoms with Gasteiger partial charge >= 0.3 is 6.03 Å². The summed E-state index contributed by atoms with van der Waals surface area (Å²) in [5.41, 5.74) is 3.24. The number of nitrogens with zero attached hydrogens (tertiary/aromatic N) is 2. The van der Waals surface area contributed by atoms with Gasteiger partial charge in [0, 0.05) is 16.4 Å². The highest BCUT2D eigenvalue weighted by molar-refractivity contribution is 7.91. The molecule has 0 radical (unpaired) electrons. The van der Waals surface area contributed by atoms with Crippen molar-refractivity contribution in [1.82, 2.24) is 0 Å². The highest BCUT2D eigenvalue weighted by atomic mass is 35.5. The van der Waals surface area contributed by atoms with Crippen molar-refractivity contribution in [2.24, 2.45) is 0 Å². The fraction of sp³-hybridized carbons (Fsp3) is 0.316. The molecule has 2 heterocycles. The van der Waals surface area contributed by atoms with Crippen LogP contribution in [0.3, 0.4) is 0 Å². The van der Waals surface area contributed by atoms with E-state index in [1.54, 1.807) is 15.9 Å². The quantitative estimate of drug-likeness (QED) is 0.736. The van der Waals surface area contributed by atoms with Crippen molar-refractivity contribution in [3.05, 3.63) is 58.6 Å². The summed E-state index contributed by atoms with van der Waals surface area (Å²) in [5, 5.41) is 0.557. The summed E-state index contributed by atoms with van der Waals surface area (Å²) in [6, 6.07) is 11.9. The largest absolute Gasteiger partial charge is 0.329 e. The van der Waals surface area contributed by atoms with E-state index in [2.05, 4.69) is 0 Å². The number of carbonyl (C=O) groups is 1. The SMILES string of the molecule is Cc1ccc(N2C(=O)N(c3ccccc3C)[C@@H]3CS(=O)(=O)C[C@@H]32)cc1Cl. The first-order chi connectivity index (χ1) is 12.3. The summed E-state index contributed by atoms with van der Waals surface area (Å²) in [4.78, 5) is 16.5. The number of anilines is 2. The Hall–Kier alpha value is -2.05. The maximum absolute atomic E-state index is 13.3. The second-order valence-electron chi connectivity index (χ2n) is 6.95. The number of fused-ring (bicyclic) bond motifs is 1. The van der Waals surface area contributed by atoms with Crippen LogP contribution in [0.4, 0.5) is 16.2 Å². The number of aryl methyl sites for hydroxylation is 2. The number of halogens is 1. The van der Waals surface area contributed by atoms with Crippen molar-refractivity contribution < 1.29 is 13.2 Å². The molecule has 0 saturated carbocycles. The van der Waals surface area contributed by atoms with E-state index in [1.807, 2.05) is 50.2 Å². The summed E-state index contributed by atoms with van der Waals surface area (Å²) in [5.74, 6) is -0.0505. The van der Waals surface area contributed by atoms with Crippen LogP contribution in [0.2, 0.25) is 5.02 Å². The van der Waals surface area contributed by atoms with Gasteiger partial charge in [0.2, 0.25) is 0 Å². The standard InChI is InChI=1S/C19H19ClN2O3S/c1-12-7-8-14(9-15(12)20)21-17-10-26(24,25)11-18(17)22(19(21)23)16-6-4-3-5-13(16)2/h3-9,17-18H,10-11H2,1-2H3/t17-,18+/m0/s1. The lowest BCUT2D eigenvalue weighted by Crippen LogP contribution is -2.38. The Labute approximate surface area is 158 Å². The molecular formula is C19H19ClN2O3S. The van der Waals surface area contributed by atoms with Crippen LogP contribution in [0.1, 0.15) is 11.1 Å². The molecule has 0 unspecified atom stereocenters. The monoisotopic (exact) mass is 390 g/mol. The molecule has 2 atom stereocenters. The first-order valence-electron chi connectivity index (χ1n) is 8.43. The van der Waals surface area contributed by atoms with Crippen molar-refractivity contribution in [1.29, 1.82) is 0 Å². The normalized spacial score (nSPS) is 24.2. The summed E-state index contributed by atoms with van der Waals surface area (Å²) in [6.07, 6.45) is 0. The van der Waals surface area contributed by atoms with E-state index in [1.165, 1.54) is 0 Å². The van der Waals surface area contributed by atoms with Crippen LogP contribution < -0.4 is 9.80 Å². The number of urea groups is 1. The zero-order valence-corrected chi connectivity index (χ0v) is 16.1. The third-order valence-corrected chi connectivity index (χ3v) is 7.28. The van der Waals surface area contributed by atoms with Crippen LogP contribution in [-0.4, -0.2) is 38.0 Å². The zero-order chi connectivity index (χ0) is 18.6. The number of sulfone groups is 1. The van der Waals surface area contributed by atoms with Crippen LogP contribution in [0.5, 0.6) is 0 Å². The molecule has 136 valence electrons. The number of rotatable bonds is 2. The molecule has 0 bridgehead atoms. The average Bonchev–Trinajstić information content (AvgIpc) is 3.00. The Morgan fingerprint density at radius 1 is 0.962 bits per heavy atom. The zero-order valence-electron chi connectivity index (χ0n) is 14.5. The molecule has 2 aliphatic heterocycles. The van der Waals surface area contributed by atoms with Crippen molar-refractivity contribution >= 4 is 38.8 Å². The predicted octanol–water partition coefficient (Wildman–Crippen LogP) is 3.57. The molecule has 5 nitrogen and oxygen atoms in total. The molecule has 0 N–H and O–H groups in total. The first-order valence-corrected chi connectivity index (χ1v) is 10.6. The molecule has 26 heavy (non-hydrogen) atoms. The predicted molar refractivity (Wildman–Crippen MR) is 104 cm³/mol. The Morgan fingerprint density at radius 2 is 1.62 bits per heavy atom. The lowest BCUT2D eigenvalue weighted by atomic mass is 10.1. The Bertz CT molecular complexity index is 1010. The van der Waals surface area contributed by atoms with Gasteiger partial charge in [-0.2, -0.15) is 0 Å². The molecule has 0 aliphatic carbocycles. The third-order valence-electron chi connectivity index (χ3n) is 5.18. The van der Waals surface area contributed by atoms with Gasteiger partial charge in [-0.1, -0.05) is 35.9 Å². The minimum Gasteiger partial charge on any atom is -0.288 e. The molecule has 2 aliphatic rings. The van der Waals surface area contributed by atoms with Gasteiger partial charge in [-0.05, 0) is 43.2 Å². The molecular weight excluding hydrogens is 372 g/mol. The van der Waals surface area contributed by atoms with Gasteiger partial charge < -0.3 is 0 Å². The summed E-state index contributed by atoms with van der Waals surface area (Å²) in [7, 11) is -3.21. The molecule has 2 saturated heterocycles. The van der Waals surface area contributed by atoms with Gasteiger partial charge in [0.15, 0.2) is 9.84 Å². The number of hydrogen-bond acceptors (Lipinski definition) is 3. The van der Waals surface area contributed by atoms with Gasteiger partial charge in [-0.25, -0.2) is 13.2 Å². The van der Waals surface area contributed by atoms with Crippen molar-refractivity contribution in [3.8, 4) is 0 Å². The van der Waals surface area contributed by atoms with Crippen molar-refractivity contribution in [2.75, 3.05) is 21.3 Å². The number of para-hydroxylation sites is 1. The number of benzene rings is 2. The maximum atomic E-state index is 13.3. The highest BCUT2D eigenvalue weighted by Gasteiger charge is 2.54. The van der Waals surface area contributed by atoms with E-state index in [9.17, 15) is 13.2 Å². The Balaban J connectivity index is 1.84. The number of carbonyl (C=O) groups excluding carboxylic acids is 1. The molecule has 2 aromatic rings. The smallest absolute Gasteiger partial charge is 0.288 e. The minimum absolute atomic E-state index is 0.0200. The van der Waals surface area contributed by atoms with Gasteiger partial charge in [-0.15, -0.1) is 0 Å². The van der Waals surface area contributed by atoms with Crippen LogP contribution in [0, 0.1) is 13.8 Å². The summed E-state index contributed by atoms with van der Waals surface area (Å²) < 4.78 is 24.6. The molecule has 2 fully saturated rings. The van der Waals surface area contributed by atoms with Crippen molar-refractivity contribution in [2.45, 2.75) is 25.9 Å². The fourth-order valence-corrected chi connectivity index (χ4v) is 5.95. The van der Waals surface area contributed by atoms with E-state index >= 15 is 0 Å². The number of hydrogen-bond donors (Lipinski definition) is 0. The molecule has 2 amide bonds. The van der Waals surface area contributed by atoms with Crippen LogP contribution in [0.25, 0.3) is 0 Å². The van der Waals surface area contributed by atoms with E-state index in [0.29, 0.717) is 10.7 Å². The Morgan fingerprint density at radius 3 is 2.27 bits per heavy atom. The summed E-state index contributed by atoms with van der Waals surface area (Å²) in [6.45, 7) is 3.81. The van der Waals surface area contributed by atoms with E-state index in [0.717, 1.165) is 16.8 Å². The van der Waals surface area contributed by atoms with Gasteiger partial charge in [-0.3, -0.25) is 9.80 Å². The molecule has 0 spiro atoms. The highest BCUT2D eigenvalue weighted by Crippen LogP contribution is 2.39. The van der Waals surface area contributed by atoms with E-state index < -0.39 is 21.9 Å². The molecule has 2 aromatic carbocycles. The van der Waals surface area contributed by atoms with Gasteiger partial charge in [0.1, 0.15) is 0 Å². The van der Waals surface area contributed by atoms with Crippen LogP contribution >= 0.6 is 11.6 Å². The first kappa shape index (κ1) is 17.4. The van der Waals surface area contributed by atoms with Crippen LogP contribution in [0.15, 0.2) is 42.5 Å². The van der Waals surface area contributed by atoms with Gasteiger partial charge in [0.05, 0.1) is 23.6 Å². The minimum atomic E-state index is -3.21. The third kappa shape index (κ3) is 2.68. The topological polar surface area (TPSA) is 57.7 Å². The molecule has 4 rings (SSSR count). The molecule has 7 heteroatoms. The Kier molecular flexibility index (Phi) is 4.00. The number of amides is 2. The molecule has 0 aromatic heterocycles. The van der Waals surface area contributed by atoms with Crippen molar-refractivity contribution in [3.63, 3.8) is 0 Å². The van der Waals surface area contributed by atoms with Crippen LogP contribution in [-0.2, 0) is 9.84 Å². The van der Waals surface area contributed by atoms with E-state index in [-0.39, 0.29) is 17.5 Å². The summed E-state index contributed by atoms with van der Waals surface area (Å²) >= 11 is 6.25. The lowest BCUT2D eigenvalue weighted by molar-refractivity contribution is 0.255. The lowest BCUT2D eigenvalue weighted by Gasteiger charge is -2.24. The van der Waals surface area contributed by atoms with E-state index in [4.69, 9.17) is 11.6 Å². The average molecular weight is 391 g/mol. The maximum Gasteiger partial charge on any atom is 0.329 e. The fourth-order valence-electron chi connectivity index (χ4n) is 3.85. The van der Waals surface area contributed by atoms with Gasteiger partial charge in [0.25, 0.3) is 0 Å².